The molecule has 0 radical (unpaired) electrons. The van der Waals surface area contributed by atoms with Gasteiger partial charge in [-0.3, -0.25) is 4.79 Å². The van der Waals surface area contributed by atoms with Crippen LogP contribution in [0.25, 0.3) is 0 Å². The molecular formula is C13H16N4O. The summed E-state index contributed by atoms with van der Waals surface area (Å²) < 4.78 is 0. The number of amides is 1. The van der Waals surface area contributed by atoms with Crippen LogP contribution in [0.3, 0.4) is 0 Å². The van der Waals surface area contributed by atoms with Gasteiger partial charge in [0.2, 0.25) is 5.91 Å². The molecule has 1 aromatic carbocycles. The highest BCUT2D eigenvalue weighted by Crippen LogP contribution is 2.28. The van der Waals surface area contributed by atoms with Crippen molar-refractivity contribution in [3.63, 3.8) is 0 Å². The number of nitriles is 1. The molecule has 0 aliphatic carbocycles. The molecule has 0 saturated carbocycles. The van der Waals surface area contributed by atoms with E-state index in [1.165, 1.54) is 0 Å². The molecule has 5 heteroatoms. The van der Waals surface area contributed by atoms with Crippen LogP contribution in [0.5, 0.6) is 0 Å². The Morgan fingerprint density at radius 3 is 2.89 bits per heavy atom. The zero-order chi connectivity index (χ0) is 13.1. The lowest BCUT2D eigenvalue weighted by Gasteiger charge is -2.33. The van der Waals surface area contributed by atoms with E-state index >= 15 is 0 Å². The van der Waals surface area contributed by atoms with Gasteiger partial charge < -0.3 is 16.4 Å². The number of rotatable bonds is 2. The molecule has 1 aliphatic heterocycles. The number of anilines is 2. The Balaban J connectivity index is 2.21. The number of nitrogens with zero attached hydrogens (tertiary/aromatic N) is 2. The van der Waals surface area contributed by atoms with E-state index < -0.39 is 0 Å². The van der Waals surface area contributed by atoms with Gasteiger partial charge in [-0.1, -0.05) is 0 Å². The molecule has 0 spiro atoms. The molecule has 1 unspecified atom stereocenters. The molecule has 0 aromatic heterocycles. The molecular weight excluding hydrogens is 228 g/mol. The Kier molecular flexibility index (Phi) is 3.38. The third kappa shape index (κ3) is 2.38. The number of hydrogen-bond donors (Lipinski definition) is 2. The Bertz CT molecular complexity index is 506. The summed E-state index contributed by atoms with van der Waals surface area (Å²) in [6, 6.07) is 7.27. The molecule has 1 aromatic rings. The van der Waals surface area contributed by atoms with Crippen LogP contribution in [0.4, 0.5) is 11.4 Å². The van der Waals surface area contributed by atoms with Crippen LogP contribution in [0.1, 0.15) is 18.4 Å². The van der Waals surface area contributed by atoms with Crippen LogP contribution in [0, 0.1) is 17.2 Å². The lowest BCUT2D eigenvalue weighted by Crippen LogP contribution is -2.41. The van der Waals surface area contributed by atoms with Crippen molar-refractivity contribution in [3.05, 3.63) is 23.8 Å². The predicted octanol–water partition coefficient (Wildman–Crippen LogP) is 0.842. The fourth-order valence-electron chi connectivity index (χ4n) is 2.34. The predicted molar refractivity (Wildman–Crippen MR) is 69.7 cm³/mol. The van der Waals surface area contributed by atoms with Gasteiger partial charge in [0.15, 0.2) is 0 Å². The Hall–Kier alpha value is -2.22. The number of nitrogen functional groups attached to an aromatic ring is 1. The third-order valence-corrected chi connectivity index (χ3v) is 3.32. The second-order valence-electron chi connectivity index (χ2n) is 4.57. The van der Waals surface area contributed by atoms with E-state index in [4.69, 9.17) is 16.7 Å². The second-order valence-corrected chi connectivity index (χ2v) is 4.57. The zero-order valence-corrected chi connectivity index (χ0v) is 10.1. The highest BCUT2D eigenvalue weighted by molar-refractivity contribution is 5.78. The lowest BCUT2D eigenvalue weighted by atomic mass is 9.96. The van der Waals surface area contributed by atoms with Crippen molar-refractivity contribution in [2.24, 2.45) is 11.7 Å². The molecule has 18 heavy (non-hydrogen) atoms. The number of primary amides is 1. The van der Waals surface area contributed by atoms with Crippen molar-refractivity contribution in [2.75, 3.05) is 23.7 Å². The summed E-state index contributed by atoms with van der Waals surface area (Å²) in [5, 5.41) is 8.80. The van der Waals surface area contributed by atoms with E-state index in [0.29, 0.717) is 17.8 Å². The van der Waals surface area contributed by atoms with Crippen molar-refractivity contribution in [1.29, 1.82) is 5.26 Å². The van der Waals surface area contributed by atoms with E-state index in [-0.39, 0.29) is 11.8 Å². The summed E-state index contributed by atoms with van der Waals surface area (Å²) in [7, 11) is 0. The zero-order valence-electron chi connectivity index (χ0n) is 10.1. The molecule has 1 aliphatic rings. The number of benzene rings is 1. The first kappa shape index (κ1) is 12.2. The summed E-state index contributed by atoms with van der Waals surface area (Å²) in [6.07, 6.45) is 1.76. The fraction of sp³-hybridized carbons (Fsp3) is 0.385. The summed E-state index contributed by atoms with van der Waals surface area (Å²) in [5.41, 5.74) is 13.3. The first-order chi connectivity index (χ1) is 8.61. The third-order valence-electron chi connectivity index (χ3n) is 3.32. The van der Waals surface area contributed by atoms with Gasteiger partial charge in [-0.15, -0.1) is 0 Å². The summed E-state index contributed by atoms with van der Waals surface area (Å²) in [5.74, 6) is -0.374. The molecule has 94 valence electrons. The first-order valence-electron chi connectivity index (χ1n) is 5.95. The van der Waals surface area contributed by atoms with Crippen LogP contribution in [-0.4, -0.2) is 19.0 Å². The average Bonchev–Trinajstić information content (AvgIpc) is 2.38. The minimum absolute atomic E-state index is 0.117. The Labute approximate surface area is 106 Å². The average molecular weight is 244 g/mol. The van der Waals surface area contributed by atoms with Crippen molar-refractivity contribution in [2.45, 2.75) is 12.8 Å². The normalized spacial score (nSPS) is 19.3. The SMILES string of the molecule is N#Cc1ccc(N2CCCC(C(N)=O)C2)c(N)c1. The van der Waals surface area contributed by atoms with E-state index in [1.807, 2.05) is 6.07 Å². The molecule has 1 heterocycles. The van der Waals surface area contributed by atoms with Crippen LogP contribution in [-0.2, 0) is 4.79 Å². The number of hydrogen-bond acceptors (Lipinski definition) is 4. The largest absolute Gasteiger partial charge is 0.397 e. The van der Waals surface area contributed by atoms with Crippen molar-refractivity contribution >= 4 is 17.3 Å². The van der Waals surface area contributed by atoms with Gasteiger partial charge in [0.25, 0.3) is 0 Å². The molecule has 1 saturated heterocycles. The highest BCUT2D eigenvalue weighted by Gasteiger charge is 2.24. The topological polar surface area (TPSA) is 96.1 Å². The Morgan fingerprint density at radius 2 is 2.28 bits per heavy atom. The maximum Gasteiger partial charge on any atom is 0.222 e. The summed E-state index contributed by atoms with van der Waals surface area (Å²) in [6.45, 7) is 1.46. The quantitative estimate of drug-likeness (QED) is 0.753. The molecule has 1 atom stereocenters. The maximum absolute atomic E-state index is 11.2. The number of nitrogens with two attached hydrogens (primary N) is 2. The summed E-state index contributed by atoms with van der Waals surface area (Å²) in [4.78, 5) is 13.3. The molecule has 5 nitrogen and oxygen atoms in total. The van der Waals surface area contributed by atoms with Gasteiger partial charge in [-0.05, 0) is 31.0 Å². The van der Waals surface area contributed by atoms with Crippen LogP contribution in [0.15, 0.2) is 18.2 Å². The van der Waals surface area contributed by atoms with E-state index in [9.17, 15) is 4.79 Å². The smallest absolute Gasteiger partial charge is 0.222 e. The van der Waals surface area contributed by atoms with E-state index in [2.05, 4.69) is 11.0 Å². The number of piperidine rings is 1. The van der Waals surface area contributed by atoms with E-state index in [1.54, 1.807) is 12.1 Å². The van der Waals surface area contributed by atoms with Crippen LogP contribution < -0.4 is 16.4 Å². The highest BCUT2D eigenvalue weighted by atomic mass is 16.1. The molecule has 2 rings (SSSR count). The van der Waals surface area contributed by atoms with Gasteiger partial charge >= 0.3 is 0 Å². The van der Waals surface area contributed by atoms with Crippen LogP contribution in [0.2, 0.25) is 0 Å². The minimum atomic E-state index is -0.257. The molecule has 1 fully saturated rings. The van der Waals surface area contributed by atoms with Gasteiger partial charge in [-0.2, -0.15) is 5.26 Å². The number of carbonyl (C=O) groups is 1. The number of carbonyl (C=O) groups excluding carboxylic acids is 1. The van der Waals surface area contributed by atoms with Gasteiger partial charge in [-0.25, -0.2) is 0 Å². The monoisotopic (exact) mass is 244 g/mol. The van der Waals surface area contributed by atoms with Crippen LogP contribution >= 0.6 is 0 Å². The van der Waals surface area contributed by atoms with Crippen molar-refractivity contribution in [3.8, 4) is 6.07 Å². The van der Waals surface area contributed by atoms with Gasteiger partial charge in [0.1, 0.15) is 0 Å². The lowest BCUT2D eigenvalue weighted by molar-refractivity contribution is -0.122. The molecule has 0 bridgehead atoms. The molecule has 4 N–H and O–H groups in total. The van der Waals surface area contributed by atoms with Crippen molar-refractivity contribution < 1.29 is 4.79 Å². The van der Waals surface area contributed by atoms with E-state index in [0.717, 1.165) is 25.1 Å². The van der Waals surface area contributed by atoms with Gasteiger partial charge in [0.05, 0.1) is 28.9 Å². The fourth-order valence-corrected chi connectivity index (χ4v) is 2.34. The minimum Gasteiger partial charge on any atom is -0.397 e. The van der Waals surface area contributed by atoms with Crippen molar-refractivity contribution in [1.82, 2.24) is 0 Å². The Morgan fingerprint density at radius 1 is 1.50 bits per heavy atom. The standard InChI is InChI=1S/C13H16N4O/c14-7-9-3-4-12(11(15)6-9)17-5-1-2-10(8-17)13(16)18/h3-4,6,10H,1-2,5,8,15H2,(H2,16,18). The summed E-state index contributed by atoms with van der Waals surface area (Å²) >= 11 is 0. The maximum atomic E-state index is 11.2. The molecule has 1 amide bonds. The first-order valence-corrected chi connectivity index (χ1v) is 5.95. The second kappa shape index (κ2) is 4.96. The van der Waals surface area contributed by atoms with Gasteiger partial charge in [0, 0.05) is 13.1 Å².